The first-order valence-corrected chi connectivity index (χ1v) is 6.01. The van der Waals surface area contributed by atoms with Gasteiger partial charge >= 0.3 is 8.03 Å². The molecule has 0 amide bonds. The van der Waals surface area contributed by atoms with Gasteiger partial charge in [-0.3, -0.25) is 0 Å². The van der Waals surface area contributed by atoms with Crippen molar-refractivity contribution in [3.63, 3.8) is 0 Å². The molecule has 0 radical (unpaired) electrons. The maximum Gasteiger partial charge on any atom is 0.510 e. The Hall–Kier alpha value is 0.0600. The van der Waals surface area contributed by atoms with E-state index in [0.29, 0.717) is 5.92 Å². The van der Waals surface area contributed by atoms with E-state index in [1.807, 2.05) is 0 Å². The largest absolute Gasteiger partial charge is 0.510 e. The monoisotopic (exact) mass is 189 g/mol. The number of hydrogen-bond donors (Lipinski definition) is 0. The van der Waals surface area contributed by atoms with Crippen molar-refractivity contribution >= 4 is 8.03 Å². The Balaban J connectivity index is 2.39. The average Bonchev–Trinajstić information content (AvgIpc) is 2.17. The molecule has 1 rings (SSSR count). The van der Waals surface area contributed by atoms with Gasteiger partial charge in [-0.2, -0.15) is 0 Å². The predicted octanol–water partition coefficient (Wildman–Crippen LogP) is 3.34. The second kappa shape index (κ2) is 4.94. The van der Waals surface area contributed by atoms with Crippen LogP contribution >= 0.6 is 8.03 Å². The lowest BCUT2D eigenvalue weighted by atomic mass is 9.87. The van der Waals surface area contributed by atoms with Crippen molar-refractivity contribution in [3.8, 4) is 0 Å². The summed E-state index contributed by atoms with van der Waals surface area (Å²) >= 11 is 0. The normalized spacial score (nSPS) is 23.7. The SMILES string of the molecule is CO[P+](=O)C(C)C1CCCCC1. The Morgan fingerprint density at radius 3 is 2.42 bits per heavy atom. The molecule has 2 nitrogen and oxygen atoms in total. The third-order valence-electron chi connectivity index (χ3n) is 2.84. The van der Waals surface area contributed by atoms with Gasteiger partial charge in [0.25, 0.3) is 0 Å². The lowest BCUT2D eigenvalue weighted by Crippen LogP contribution is -2.17. The Bertz CT molecular complexity index is 153. The Kier molecular flexibility index (Phi) is 4.17. The van der Waals surface area contributed by atoms with Gasteiger partial charge in [-0.25, -0.2) is 0 Å². The van der Waals surface area contributed by atoms with E-state index in [1.54, 1.807) is 0 Å². The van der Waals surface area contributed by atoms with Crippen LogP contribution in [0.4, 0.5) is 0 Å². The molecule has 0 aromatic heterocycles. The standard InChI is InChI=1S/C9H18O2P/c1-8(12(10)11-2)9-6-4-3-5-7-9/h8-9H,3-7H2,1-2H3/q+1. The van der Waals surface area contributed by atoms with E-state index >= 15 is 0 Å². The lowest BCUT2D eigenvalue weighted by molar-refractivity contribution is 0.327. The molecule has 3 heteroatoms. The summed E-state index contributed by atoms with van der Waals surface area (Å²) in [6.07, 6.45) is 6.45. The Labute approximate surface area is 75.6 Å². The Morgan fingerprint density at radius 1 is 1.33 bits per heavy atom. The molecular weight excluding hydrogens is 171 g/mol. The molecule has 0 saturated heterocycles. The van der Waals surface area contributed by atoms with Crippen molar-refractivity contribution in [2.75, 3.05) is 7.11 Å². The number of rotatable bonds is 3. The molecule has 0 heterocycles. The van der Waals surface area contributed by atoms with E-state index < -0.39 is 8.03 Å². The molecule has 70 valence electrons. The molecular formula is C9H18O2P+. The molecule has 0 bridgehead atoms. The summed E-state index contributed by atoms with van der Waals surface area (Å²) in [5.74, 6) is 0.641. The van der Waals surface area contributed by atoms with Crippen LogP contribution in [-0.4, -0.2) is 12.8 Å². The van der Waals surface area contributed by atoms with Gasteiger partial charge in [0.05, 0.1) is 7.11 Å². The molecule has 1 fully saturated rings. The second-order valence-electron chi connectivity index (χ2n) is 3.61. The van der Waals surface area contributed by atoms with Crippen LogP contribution in [-0.2, 0) is 9.09 Å². The zero-order chi connectivity index (χ0) is 8.97. The summed E-state index contributed by atoms with van der Waals surface area (Å²) in [7, 11) is 0.127. The van der Waals surface area contributed by atoms with Crippen LogP contribution in [0.3, 0.4) is 0 Å². The molecule has 0 aromatic carbocycles. The highest BCUT2D eigenvalue weighted by Gasteiger charge is 2.35. The van der Waals surface area contributed by atoms with Crippen LogP contribution in [0.1, 0.15) is 39.0 Å². The zero-order valence-corrected chi connectivity index (χ0v) is 8.85. The zero-order valence-electron chi connectivity index (χ0n) is 7.95. The average molecular weight is 189 g/mol. The number of hydrogen-bond acceptors (Lipinski definition) is 2. The first-order chi connectivity index (χ1) is 5.75. The van der Waals surface area contributed by atoms with Gasteiger partial charge in [-0.15, -0.1) is 4.52 Å². The highest BCUT2D eigenvalue weighted by molar-refractivity contribution is 7.40. The van der Waals surface area contributed by atoms with Crippen LogP contribution in [0.25, 0.3) is 0 Å². The minimum atomic E-state index is -1.41. The highest BCUT2D eigenvalue weighted by atomic mass is 31.1. The van der Waals surface area contributed by atoms with E-state index in [-0.39, 0.29) is 5.66 Å². The third-order valence-corrected chi connectivity index (χ3v) is 4.29. The molecule has 0 N–H and O–H groups in total. The summed E-state index contributed by atoms with van der Waals surface area (Å²) in [6, 6.07) is 0. The fourth-order valence-electron chi connectivity index (χ4n) is 1.95. The first kappa shape index (κ1) is 10.1. The minimum Gasteiger partial charge on any atom is -0.149 e. The van der Waals surface area contributed by atoms with Crippen LogP contribution in [0.2, 0.25) is 0 Å². The smallest absolute Gasteiger partial charge is 0.149 e. The van der Waals surface area contributed by atoms with E-state index in [1.165, 1.54) is 39.2 Å². The van der Waals surface area contributed by atoms with Crippen molar-refractivity contribution in [3.05, 3.63) is 0 Å². The predicted molar refractivity (Wildman–Crippen MR) is 50.7 cm³/mol. The molecule has 12 heavy (non-hydrogen) atoms. The quantitative estimate of drug-likeness (QED) is 0.636. The summed E-state index contributed by atoms with van der Waals surface area (Å²) in [5, 5.41) is 0. The van der Waals surface area contributed by atoms with E-state index in [4.69, 9.17) is 4.52 Å². The summed E-state index contributed by atoms with van der Waals surface area (Å²) in [5.41, 5.74) is 0.255. The fraction of sp³-hybridized carbons (Fsp3) is 1.00. The second-order valence-corrected chi connectivity index (χ2v) is 5.36. The van der Waals surface area contributed by atoms with Crippen molar-refractivity contribution in [2.24, 2.45) is 5.92 Å². The third kappa shape index (κ3) is 2.53. The van der Waals surface area contributed by atoms with Gasteiger partial charge in [0.1, 0.15) is 0 Å². The maximum absolute atomic E-state index is 11.3. The van der Waals surface area contributed by atoms with Crippen LogP contribution in [0.15, 0.2) is 0 Å². The minimum absolute atomic E-state index is 0.255. The van der Waals surface area contributed by atoms with Crippen molar-refractivity contribution in [2.45, 2.75) is 44.7 Å². The Morgan fingerprint density at radius 2 is 1.92 bits per heavy atom. The van der Waals surface area contributed by atoms with Crippen LogP contribution < -0.4 is 0 Å². The molecule has 1 aliphatic rings. The fourth-order valence-corrected chi connectivity index (χ4v) is 2.93. The summed E-state index contributed by atoms with van der Waals surface area (Å²) < 4.78 is 16.2. The maximum atomic E-state index is 11.3. The van der Waals surface area contributed by atoms with Crippen molar-refractivity contribution in [1.82, 2.24) is 0 Å². The molecule has 2 atom stereocenters. The van der Waals surface area contributed by atoms with Crippen LogP contribution in [0.5, 0.6) is 0 Å². The van der Waals surface area contributed by atoms with Crippen LogP contribution in [0, 0.1) is 5.92 Å². The molecule has 1 saturated carbocycles. The van der Waals surface area contributed by atoms with Gasteiger partial charge in [0.2, 0.25) is 0 Å². The van der Waals surface area contributed by atoms with E-state index in [2.05, 4.69) is 6.92 Å². The van der Waals surface area contributed by atoms with Gasteiger partial charge in [0, 0.05) is 5.92 Å². The highest BCUT2D eigenvalue weighted by Crippen LogP contribution is 2.39. The van der Waals surface area contributed by atoms with Gasteiger partial charge in [-0.1, -0.05) is 19.3 Å². The molecule has 1 aliphatic carbocycles. The van der Waals surface area contributed by atoms with Crippen molar-refractivity contribution < 1.29 is 9.09 Å². The molecule has 0 aliphatic heterocycles. The lowest BCUT2D eigenvalue weighted by Gasteiger charge is -2.20. The van der Waals surface area contributed by atoms with Crippen molar-refractivity contribution in [1.29, 1.82) is 0 Å². The summed E-state index contributed by atoms with van der Waals surface area (Å²) in [4.78, 5) is 0. The van der Waals surface area contributed by atoms with E-state index in [9.17, 15) is 4.57 Å². The first-order valence-electron chi connectivity index (χ1n) is 4.76. The van der Waals surface area contributed by atoms with Gasteiger partial charge < -0.3 is 0 Å². The molecule has 0 aromatic rings. The molecule has 2 unspecified atom stereocenters. The summed E-state index contributed by atoms with van der Waals surface area (Å²) in [6.45, 7) is 2.05. The van der Waals surface area contributed by atoms with E-state index in [0.717, 1.165) is 0 Å². The van der Waals surface area contributed by atoms with Gasteiger partial charge in [0.15, 0.2) is 5.66 Å². The molecule has 0 spiro atoms. The van der Waals surface area contributed by atoms with Gasteiger partial charge in [-0.05, 0) is 24.3 Å². The topological polar surface area (TPSA) is 26.3 Å².